The van der Waals surface area contributed by atoms with Crippen LogP contribution in [0.2, 0.25) is 0 Å². The summed E-state index contributed by atoms with van der Waals surface area (Å²) >= 11 is 0. The highest BCUT2D eigenvalue weighted by molar-refractivity contribution is 6.07. The van der Waals surface area contributed by atoms with Gasteiger partial charge in [-0.1, -0.05) is 6.07 Å². The van der Waals surface area contributed by atoms with E-state index in [4.69, 9.17) is 5.73 Å². The molecule has 4 heteroatoms. The van der Waals surface area contributed by atoms with Gasteiger partial charge in [-0.15, -0.1) is 0 Å². The van der Waals surface area contributed by atoms with Crippen LogP contribution in [-0.2, 0) is 6.42 Å². The first-order valence-electron chi connectivity index (χ1n) is 6.54. The Labute approximate surface area is 116 Å². The summed E-state index contributed by atoms with van der Waals surface area (Å²) in [6, 6.07) is 11.4. The summed E-state index contributed by atoms with van der Waals surface area (Å²) in [5, 5.41) is 0. The van der Waals surface area contributed by atoms with E-state index in [2.05, 4.69) is 0 Å². The summed E-state index contributed by atoms with van der Waals surface area (Å²) in [5.41, 5.74) is 8.75. The monoisotopic (exact) mass is 270 g/mol. The smallest absolute Gasteiger partial charge is 0.258 e. The lowest BCUT2D eigenvalue weighted by atomic mass is 10.1. The molecule has 0 aromatic heterocycles. The molecular weight excluding hydrogens is 255 g/mol. The molecule has 1 aliphatic rings. The molecule has 0 radical (unpaired) electrons. The average molecular weight is 270 g/mol. The fraction of sp³-hybridized carbons (Fsp3) is 0.188. The fourth-order valence-electron chi connectivity index (χ4n) is 2.72. The number of carbonyl (C=O) groups excluding carboxylic acids is 1. The van der Waals surface area contributed by atoms with Crippen molar-refractivity contribution in [3.05, 3.63) is 59.4 Å². The zero-order chi connectivity index (χ0) is 14.3. The van der Waals surface area contributed by atoms with Crippen LogP contribution >= 0.6 is 0 Å². The lowest BCUT2D eigenvalue weighted by molar-refractivity contribution is 0.0981. The number of halogens is 1. The van der Waals surface area contributed by atoms with Gasteiger partial charge in [0, 0.05) is 23.0 Å². The van der Waals surface area contributed by atoms with Crippen LogP contribution in [0.3, 0.4) is 0 Å². The van der Waals surface area contributed by atoms with Crippen molar-refractivity contribution in [3.8, 4) is 0 Å². The summed E-state index contributed by atoms with van der Waals surface area (Å²) in [4.78, 5) is 14.3. The van der Waals surface area contributed by atoms with Crippen molar-refractivity contribution in [2.45, 2.75) is 19.4 Å². The Morgan fingerprint density at radius 3 is 2.85 bits per heavy atom. The second kappa shape index (κ2) is 4.63. The van der Waals surface area contributed by atoms with Crippen molar-refractivity contribution in [3.63, 3.8) is 0 Å². The second-order valence-electron chi connectivity index (χ2n) is 5.13. The number of benzene rings is 2. The Hall–Kier alpha value is -2.36. The van der Waals surface area contributed by atoms with Crippen molar-refractivity contribution >= 4 is 17.3 Å². The maximum Gasteiger partial charge on any atom is 0.258 e. The minimum absolute atomic E-state index is 0.0440. The van der Waals surface area contributed by atoms with Gasteiger partial charge in [-0.3, -0.25) is 4.79 Å². The number of nitrogens with zero attached hydrogens (tertiary/aromatic N) is 1. The number of amides is 1. The van der Waals surface area contributed by atoms with Crippen molar-refractivity contribution in [2.24, 2.45) is 0 Å². The number of rotatable bonds is 1. The number of hydrogen-bond donors (Lipinski definition) is 1. The molecule has 1 heterocycles. The van der Waals surface area contributed by atoms with E-state index in [-0.39, 0.29) is 11.9 Å². The van der Waals surface area contributed by atoms with Crippen LogP contribution in [-0.4, -0.2) is 11.9 Å². The molecule has 102 valence electrons. The zero-order valence-corrected chi connectivity index (χ0v) is 11.1. The summed E-state index contributed by atoms with van der Waals surface area (Å²) in [6.07, 6.45) is 0.765. The molecule has 2 aromatic carbocycles. The molecule has 20 heavy (non-hydrogen) atoms. The predicted molar refractivity (Wildman–Crippen MR) is 77.2 cm³/mol. The van der Waals surface area contributed by atoms with Gasteiger partial charge >= 0.3 is 0 Å². The fourth-order valence-corrected chi connectivity index (χ4v) is 2.72. The Balaban J connectivity index is 2.01. The first kappa shape index (κ1) is 12.7. The van der Waals surface area contributed by atoms with E-state index in [1.165, 1.54) is 12.1 Å². The van der Waals surface area contributed by atoms with Gasteiger partial charge in [0.15, 0.2) is 0 Å². The molecule has 1 atom stereocenters. The minimum Gasteiger partial charge on any atom is -0.399 e. The van der Waals surface area contributed by atoms with E-state index in [1.807, 2.05) is 19.1 Å². The van der Waals surface area contributed by atoms with Gasteiger partial charge in [-0.05, 0) is 55.3 Å². The number of nitrogens with two attached hydrogens (primary N) is 1. The summed E-state index contributed by atoms with van der Waals surface area (Å²) < 4.78 is 13.3. The van der Waals surface area contributed by atoms with Crippen LogP contribution in [0, 0.1) is 5.82 Å². The molecule has 2 N–H and O–H groups in total. The van der Waals surface area contributed by atoms with E-state index in [0.29, 0.717) is 11.3 Å². The summed E-state index contributed by atoms with van der Waals surface area (Å²) in [6.45, 7) is 1.98. The van der Waals surface area contributed by atoms with Crippen molar-refractivity contribution in [1.82, 2.24) is 0 Å². The lowest BCUT2D eigenvalue weighted by Gasteiger charge is -2.22. The molecule has 0 saturated carbocycles. The molecule has 0 bridgehead atoms. The van der Waals surface area contributed by atoms with Crippen LogP contribution in [0.1, 0.15) is 22.8 Å². The van der Waals surface area contributed by atoms with Crippen molar-refractivity contribution < 1.29 is 9.18 Å². The van der Waals surface area contributed by atoms with Crippen LogP contribution < -0.4 is 10.6 Å². The lowest BCUT2D eigenvalue weighted by Crippen LogP contribution is -2.35. The molecular formula is C16H15FN2O. The van der Waals surface area contributed by atoms with Crippen molar-refractivity contribution in [2.75, 3.05) is 10.6 Å². The number of carbonyl (C=O) groups is 1. The van der Waals surface area contributed by atoms with Gasteiger partial charge in [0.1, 0.15) is 5.82 Å². The minimum atomic E-state index is -0.403. The molecule has 3 nitrogen and oxygen atoms in total. The molecule has 1 unspecified atom stereocenters. The molecule has 0 aliphatic carbocycles. The molecule has 3 rings (SSSR count). The Morgan fingerprint density at radius 1 is 1.30 bits per heavy atom. The van der Waals surface area contributed by atoms with Gasteiger partial charge in [-0.25, -0.2) is 4.39 Å². The quantitative estimate of drug-likeness (QED) is 0.810. The first-order chi connectivity index (χ1) is 9.56. The topological polar surface area (TPSA) is 46.3 Å². The van der Waals surface area contributed by atoms with Gasteiger partial charge in [0.05, 0.1) is 0 Å². The van der Waals surface area contributed by atoms with E-state index in [0.717, 1.165) is 17.7 Å². The standard InChI is InChI=1S/C16H15FN2O/c1-10-7-12-9-14(18)5-6-15(12)19(10)16(20)11-3-2-4-13(17)8-11/h2-6,8-10H,7,18H2,1H3. The third kappa shape index (κ3) is 2.03. The van der Waals surface area contributed by atoms with Gasteiger partial charge in [0.25, 0.3) is 5.91 Å². The molecule has 1 aliphatic heterocycles. The zero-order valence-electron chi connectivity index (χ0n) is 11.1. The number of hydrogen-bond acceptors (Lipinski definition) is 2. The predicted octanol–water partition coefficient (Wildman–Crippen LogP) is 3.00. The molecule has 0 saturated heterocycles. The Morgan fingerprint density at radius 2 is 2.10 bits per heavy atom. The van der Waals surface area contributed by atoms with E-state index in [1.54, 1.807) is 23.1 Å². The maximum atomic E-state index is 13.3. The summed E-state index contributed by atoms with van der Waals surface area (Å²) in [7, 11) is 0. The van der Waals surface area contributed by atoms with Gasteiger partial charge in [0.2, 0.25) is 0 Å². The summed E-state index contributed by atoms with van der Waals surface area (Å²) in [5.74, 6) is -0.583. The SMILES string of the molecule is CC1Cc2cc(N)ccc2N1C(=O)c1cccc(F)c1. The molecule has 1 amide bonds. The third-order valence-corrected chi connectivity index (χ3v) is 3.61. The first-order valence-corrected chi connectivity index (χ1v) is 6.54. The second-order valence-corrected chi connectivity index (χ2v) is 5.13. The van der Waals surface area contributed by atoms with Crippen LogP contribution in [0.15, 0.2) is 42.5 Å². The normalized spacial score (nSPS) is 17.1. The molecule has 0 fully saturated rings. The third-order valence-electron chi connectivity index (χ3n) is 3.61. The number of fused-ring (bicyclic) bond motifs is 1. The number of nitrogen functional groups attached to an aromatic ring is 1. The largest absolute Gasteiger partial charge is 0.399 e. The van der Waals surface area contributed by atoms with Crippen LogP contribution in [0.5, 0.6) is 0 Å². The van der Waals surface area contributed by atoms with Crippen LogP contribution in [0.25, 0.3) is 0 Å². The highest BCUT2D eigenvalue weighted by Crippen LogP contribution is 2.34. The van der Waals surface area contributed by atoms with Crippen LogP contribution in [0.4, 0.5) is 15.8 Å². The highest BCUT2D eigenvalue weighted by atomic mass is 19.1. The van der Waals surface area contributed by atoms with E-state index < -0.39 is 5.82 Å². The Bertz CT molecular complexity index is 684. The van der Waals surface area contributed by atoms with E-state index >= 15 is 0 Å². The van der Waals surface area contributed by atoms with Crippen molar-refractivity contribution in [1.29, 1.82) is 0 Å². The van der Waals surface area contributed by atoms with Gasteiger partial charge < -0.3 is 10.6 Å². The number of anilines is 2. The molecule has 0 spiro atoms. The van der Waals surface area contributed by atoms with Gasteiger partial charge in [-0.2, -0.15) is 0 Å². The highest BCUT2D eigenvalue weighted by Gasteiger charge is 2.31. The average Bonchev–Trinajstić information content (AvgIpc) is 2.73. The van der Waals surface area contributed by atoms with E-state index in [9.17, 15) is 9.18 Å². The Kier molecular flexibility index (Phi) is 2.93. The maximum absolute atomic E-state index is 13.3. The molecule has 2 aromatic rings.